The largest absolute Gasteiger partial charge is 0.497 e. The van der Waals surface area contributed by atoms with E-state index >= 15 is 0 Å². The van der Waals surface area contributed by atoms with Gasteiger partial charge in [-0.2, -0.15) is 0 Å². The molecule has 0 aliphatic carbocycles. The molecule has 0 saturated heterocycles. The molecule has 0 radical (unpaired) electrons. The highest BCUT2D eigenvalue weighted by atomic mass is 127. The van der Waals surface area contributed by atoms with E-state index < -0.39 is 0 Å². The summed E-state index contributed by atoms with van der Waals surface area (Å²) in [6.45, 7) is 8.92. The summed E-state index contributed by atoms with van der Waals surface area (Å²) in [5, 5.41) is 9.51. The van der Waals surface area contributed by atoms with E-state index in [0.717, 1.165) is 36.8 Å². The first-order valence-corrected chi connectivity index (χ1v) is 10.6. The zero-order chi connectivity index (χ0) is 21.8. The molecule has 6 nitrogen and oxygen atoms in total. The first-order chi connectivity index (χ1) is 14.6. The SMILES string of the molecule is CCNC(=O)c1cccc(CN=C(NCC)NCCC(C)c2ccc(OC)cc2)c1.I. The van der Waals surface area contributed by atoms with Gasteiger partial charge in [-0.05, 0) is 61.6 Å². The van der Waals surface area contributed by atoms with Gasteiger partial charge in [-0.3, -0.25) is 4.79 Å². The zero-order valence-electron chi connectivity index (χ0n) is 18.9. The Balaban J connectivity index is 0.00000480. The second-order valence-electron chi connectivity index (χ2n) is 7.14. The zero-order valence-corrected chi connectivity index (χ0v) is 21.2. The molecule has 0 bridgehead atoms. The standard InChI is InChI=1S/C24H34N4O2.HI/c1-5-25-23(29)21-9-7-8-19(16-21)17-28-24(26-6-2)27-15-14-18(3)20-10-12-22(30-4)13-11-20;/h7-13,16,18H,5-6,14-15,17H2,1-4H3,(H,25,29)(H2,26,27,28);1H. The molecule has 170 valence electrons. The number of halogens is 1. The lowest BCUT2D eigenvalue weighted by atomic mass is 9.98. The first-order valence-electron chi connectivity index (χ1n) is 10.6. The van der Waals surface area contributed by atoms with Gasteiger partial charge >= 0.3 is 0 Å². The van der Waals surface area contributed by atoms with E-state index in [1.54, 1.807) is 7.11 Å². The normalized spacial score (nSPS) is 11.8. The number of aliphatic imine (C=N–C) groups is 1. The molecule has 2 aromatic carbocycles. The first kappa shape index (κ1) is 26.7. The van der Waals surface area contributed by atoms with Crippen molar-refractivity contribution in [3.63, 3.8) is 0 Å². The van der Waals surface area contributed by atoms with Gasteiger partial charge in [0.1, 0.15) is 5.75 Å². The maximum absolute atomic E-state index is 12.0. The van der Waals surface area contributed by atoms with E-state index in [2.05, 4.69) is 40.0 Å². The van der Waals surface area contributed by atoms with Crippen LogP contribution in [0.1, 0.15) is 54.6 Å². The number of amides is 1. The molecular formula is C24H35IN4O2. The molecule has 0 aliphatic rings. The number of nitrogens with one attached hydrogen (secondary N) is 3. The van der Waals surface area contributed by atoms with Crippen molar-refractivity contribution >= 4 is 35.8 Å². The van der Waals surface area contributed by atoms with Crippen LogP contribution in [0, 0.1) is 0 Å². The molecule has 1 unspecified atom stereocenters. The van der Waals surface area contributed by atoms with Crippen molar-refractivity contribution in [2.45, 2.75) is 39.7 Å². The van der Waals surface area contributed by atoms with Crippen LogP contribution in [-0.4, -0.2) is 38.6 Å². The minimum Gasteiger partial charge on any atom is -0.497 e. The molecule has 7 heteroatoms. The van der Waals surface area contributed by atoms with Gasteiger partial charge in [-0.25, -0.2) is 4.99 Å². The van der Waals surface area contributed by atoms with Crippen LogP contribution in [0.25, 0.3) is 0 Å². The quantitative estimate of drug-likeness (QED) is 0.240. The van der Waals surface area contributed by atoms with Gasteiger partial charge in [0.2, 0.25) is 0 Å². The third-order valence-corrected chi connectivity index (χ3v) is 4.85. The van der Waals surface area contributed by atoms with Crippen molar-refractivity contribution in [3.05, 3.63) is 65.2 Å². The summed E-state index contributed by atoms with van der Waals surface area (Å²) in [4.78, 5) is 16.7. The van der Waals surface area contributed by atoms with Crippen molar-refractivity contribution in [2.75, 3.05) is 26.7 Å². The Labute approximate surface area is 203 Å². The highest BCUT2D eigenvalue weighted by molar-refractivity contribution is 14.0. The second-order valence-corrected chi connectivity index (χ2v) is 7.14. The molecule has 0 aliphatic heterocycles. The third-order valence-electron chi connectivity index (χ3n) is 4.85. The molecule has 0 aromatic heterocycles. The Morgan fingerprint density at radius 2 is 1.74 bits per heavy atom. The lowest BCUT2D eigenvalue weighted by Crippen LogP contribution is -2.38. The van der Waals surface area contributed by atoms with Crippen LogP contribution in [-0.2, 0) is 6.54 Å². The Hall–Kier alpha value is -2.29. The average molecular weight is 538 g/mol. The predicted molar refractivity (Wildman–Crippen MR) is 139 cm³/mol. The van der Waals surface area contributed by atoms with Crippen molar-refractivity contribution in [2.24, 2.45) is 4.99 Å². The van der Waals surface area contributed by atoms with Gasteiger partial charge in [0.05, 0.1) is 13.7 Å². The summed E-state index contributed by atoms with van der Waals surface area (Å²) >= 11 is 0. The Bertz CT molecular complexity index is 825. The van der Waals surface area contributed by atoms with Crippen LogP contribution >= 0.6 is 24.0 Å². The highest BCUT2D eigenvalue weighted by Crippen LogP contribution is 2.21. The summed E-state index contributed by atoms with van der Waals surface area (Å²) in [5.41, 5.74) is 2.96. The summed E-state index contributed by atoms with van der Waals surface area (Å²) in [6.07, 6.45) is 0.990. The highest BCUT2D eigenvalue weighted by Gasteiger charge is 2.07. The molecule has 1 amide bonds. The number of benzene rings is 2. The summed E-state index contributed by atoms with van der Waals surface area (Å²) in [5.74, 6) is 2.03. The van der Waals surface area contributed by atoms with Gasteiger partial charge in [0.25, 0.3) is 5.91 Å². The van der Waals surface area contributed by atoms with E-state index in [1.165, 1.54) is 5.56 Å². The van der Waals surface area contributed by atoms with Crippen LogP contribution in [0.5, 0.6) is 5.75 Å². The predicted octanol–water partition coefficient (Wildman–Crippen LogP) is 4.31. The summed E-state index contributed by atoms with van der Waals surface area (Å²) in [7, 11) is 1.68. The van der Waals surface area contributed by atoms with Crippen molar-refractivity contribution < 1.29 is 9.53 Å². The molecule has 3 N–H and O–H groups in total. The molecule has 31 heavy (non-hydrogen) atoms. The molecule has 2 rings (SSSR count). The van der Waals surface area contributed by atoms with E-state index in [4.69, 9.17) is 4.74 Å². The van der Waals surface area contributed by atoms with Crippen molar-refractivity contribution in [1.29, 1.82) is 0 Å². The number of ether oxygens (including phenoxy) is 1. The molecule has 1 atom stereocenters. The smallest absolute Gasteiger partial charge is 0.251 e. The van der Waals surface area contributed by atoms with Gasteiger partial charge in [0.15, 0.2) is 5.96 Å². The number of methoxy groups -OCH3 is 1. The molecular weight excluding hydrogens is 503 g/mol. The molecule has 0 saturated carbocycles. The van der Waals surface area contributed by atoms with Crippen LogP contribution in [0.2, 0.25) is 0 Å². The van der Waals surface area contributed by atoms with E-state index in [1.807, 2.05) is 50.2 Å². The molecule has 0 fully saturated rings. The van der Waals surface area contributed by atoms with Gasteiger partial charge in [-0.1, -0.05) is 31.2 Å². The fraction of sp³-hybridized carbons (Fsp3) is 0.417. The van der Waals surface area contributed by atoms with Crippen molar-refractivity contribution in [1.82, 2.24) is 16.0 Å². The van der Waals surface area contributed by atoms with Gasteiger partial charge in [-0.15, -0.1) is 24.0 Å². The van der Waals surface area contributed by atoms with E-state index in [9.17, 15) is 4.79 Å². The Morgan fingerprint density at radius 1 is 1.03 bits per heavy atom. The molecule has 0 heterocycles. The minimum atomic E-state index is -0.0547. The topological polar surface area (TPSA) is 74.8 Å². The number of carbonyl (C=O) groups excluding carboxylic acids is 1. The number of hydrogen-bond donors (Lipinski definition) is 3. The number of hydrogen-bond acceptors (Lipinski definition) is 3. The number of rotatable bonds is 10. The monoisotopic (exact) mass is 538 g/mol. The molecule has 0 spiro atoms. The lowest BCUT2D eigenvalue weighted by Gasteiger charge is -2.15. The Kier molecular flexibility index (Phi) is 12.7. The van der Waals surface area contributed by atoms with Crippen LogP contribution in [0.15, 0.2) is 53.5 Å². The molecule has 2 aromatic rings. The van der Waals surface area contributed by atoms with Gasteiger partial charge in [0, 0.05) is 25.2 Å². The second kappa shape index (κ2) is 14.7. The fourth-order valence-corrected chi connectivity index (χ4v) is 3.09. The maximum atomic E-state index is 12.0. The summed E-state index contributed by atoms with van der Waals surface area (Å²) in [6, 6.07) is 15.8. The van der Waals surface area contributed by atoms with E-state index in [-0.39, 0.29) is 29.9 Å². The van der Waals surface area contributed by atoms with Gasteiger partial charge < -0.3 is 20.7 Å². The third kappa shape index (κ3) is 9.16. The fourth-order valence-electron chi connectivity index (χ4n) is 3.09. The number of guanidine groups is 1. The number of carbonyl (C=O) groups is 1. The van der Waals surface area contributed by atoms with Crippen LogP contribution < -0.4 is 20.7 Å². The average Bonchev–Trinajstić information content (AvgIpc) is 2.77. The minimum absolute atomic E-state index is 0. The van der Waals surface area contributed by atoms with E-state index in [0.29, 0.717) is 24.6 Å². The summed E-state index contributed by atoms with van der Waals surface area (Å²) < 4.78 is 5.23. The number of nitrogens with zero attached hydrogens (tertiary/aromatic N) is 1. The Morgan fingerprint density at radius 3 is 2.39 bits per heavy atom. The van der Waals surface area contributed by atoms with Crippen LogP contribution in [0.4, 0.5) is 0 Å². The maximum Gasteiger partial charge on any atom is 0.251 e. The van der Waals surface area contributed by atoms with Crippen LogP contribution in [0.3, 0.4) is 0 Å². The lowest BCUT2D eigenvalue weighted by molar-refractivity contribution is 0.0955. The van der Waals surface area contributed by atoms with Crippen molar-refractivity contribution in [3.8, 4) is 5.75 Å².